The Hall–Kier alpha value is -0.870. The van der Waals surface area contributed by atoms with Gasteiger partial charge < -0.3 is 0 Å². The van der Waals surface area contributed by atoms with Gasteiger partial charge in [-0.2, -0.15) is 0 Å². The summed E-state index contributed by atoms with van der Waals surface area (Å²) in [6.07, 6.45) is 0.446. The van der Waals surface area contributed by atoms with Crippen molar-refractivity contribution in [2.75, 3.05) is 6.54 Å². The molecule has 1 atom stereocenters. The Labute approximate surface area is 126 Å². The van der Waals surface area contributed by atoms with Crippen molar-refractivity contribution in [3.05, 3.63) is 33.3 Å². The Morgan fingerprint density at radius 1 is 1.47 bits per heavy atom. The van der Waals surface area contributed by atoms with Gasteiger partial charge in [-0.25, -0.2) is 0 Å². The van der Waals surface area contributed by atoms with E-state index in [0.717, 1.165) is 0 Å². The minimum Gasteiger partial charge on any atom is -0.278 e. The highest BCUT2D eigenvalue weighted by Gasteiger charge is 2.36. The monoisotopic (exact) mass is 343 g/mol. The fourth-order valence-electron chi connectivity index (χ4n) is 2.18. The highest BCUT2D eigenvalue weighted by atomic mass is 79.9. The summed E-state index contributed by atoms with van der Waals surface area (Å²) < 4.78 is 0.655. The zero-order chi connectivity index (χ0) is 14.2. The second-order valence-corrected chi connectivity index (χ2v) is 6.43. The molecule has 0 saturated carbocycles. The normalized spacial score (nSPS) is 19.3. The van der Waals surface area contributed by atoms with Crippen molar-refractivity contribution in [3.63, 3.8) is 0 Å². The van der Waals surface area contributed by atoms with Gasteiger partial charge in [0.15, 0.2) is 0 Å². The molecule has 0 radical (unpaired) electrons. The standard InChI is InChI=1S/C14H15BrClNO2/c1-8(2)9-5-13(18)17(7-9)14(19)11-6-10(16)3-4-12(11)15/h3-4,6,8-9H,5,7H2,1-2H3. The number of likely N-dealkylation sites (tertiary alicyclic amines) is 1. The minimum atomic E-state index is -0.275. The first-order valence-corrected chi connectivity index (χ1v) is 7.37. The van der Waals surface area contributed by atoms with E-state index in [1.807, 2.05) is 0 Å². The number of rotatable bonds is 2. The molecule has 1 fully saturated rings. The van der Waals surface area contributed by atoms with E-state index in [9.17, 15) is 9.59 Å². The van der Waals surface area contributed by atoms with Gasteiger partial charge in [0.25, 0.3) is 5.91 Å². The van der Waals surface area contributed by atoms with Crippen LogP contribution in [0.4, 0.5) is 0 Å². The number of imide groups is 1. The van der Waals surface area contributed by atoms with E-state index in [2.05, 4.69) is 29.8 Å². The molecule has 0 N–H and O–H groups in total. The van der Waals surface area contributed by atoms with E-state index in [-0.39, 0.29) is 17.7 Å². The summed E-state index contributed by atoms with van der Waals surface area (Å²) in [5.41, 5.74) is 0.435. The summed E-state index contributed by atoms with van der Waals surface area (Å²) in [6, 6.07) is 5.01. The Kier molecular flexibility index (Phi) is 4.31. The number of hydrogen-bond donors (Lipinski definition) is 0. The van der Waals surface area contributed by atoms with Crippen molar-refractivity contribution in [2.45, 2.75) is 20.3 Å². The largest absolute Gasteiger partial charge is 0.278 e. The number of nitrogens with zero attached hydrogens (tertiary/aromatic N) is 1. The third-order valence-corrected chi connectivity index (χ3v) is 4.43. The van der Waals surface area contributed by atoms with Gasteiger partial charge in [-0.3, -0.25) is 14.5 Å². The molecule has 2 amide bonds. The van der Waals surface area contributed by atoms with E-state index in [4.69, 9.17) is 11.6 Å². The lowest BCUT2D eigenvalue weighted by atomic mass is 9.95. The second-order valence-electron chi connectivity index (χ2n) is 5.14. The van der Waals surface area contributed by atoms with E-state index >= 15 is 0 Å². The van der Waals surface area contributed by atoms with E-state index in [1.165, 1.54) is 4.90 Å². The lowest BCUT2D eigenvalue weighted by molar-refractivity contribution is -0.125. The van der Waals surface area contributed by atoms with Gasteiger partial charge in [-0.05, 0) is 46.0 Å². The molecule has 0 aromatic heterocycles. The van der Waals surface area contributed by atoms with Crippen LogP contribution in [0.5, 0.6) is 0 Å². The van der Waals surface area contributed by atoms with Crippen LogP contribution in [0.3, 0.4) is 0 Å². The van der Waals surface area contributed by atoms with Crippen molar-refractivity contribution in [1.82, 2.24) is 4.90 Å². The Balaban J connectivity index is 2.25. The summed E-state index contributed by atoms with van der Waals surface area (Å²) in [5.74, 6) is 0.261. The molecule has 2 rings (SSSR count). The molecule has 3 nitrogen and oxygen atoms in total. The minimum absolute atomic E-state index is 0.101. The van der Waals surface area contributed by atoms with Gasteiger partial charge in [0.1, 0.15) is 0 Å². The molecule has 1 aliphatic rings. The van der Waals surface area contributed by atoms with Crippen LogP contribution in [0.15, 0.2) is 22.7 Å². The molecule has 0 bridgehead atoms. The Morgan fingerprint density at radius 2 is 2.16 bits per heavy atom. The van der Waals surface area contributed by atoms with Gasteiger partial charge in [0, 0.05) is 22.5 Å². The Morgan fingerprint density at radius 3 is 2.74 bits per heavy atom. The zero-order valence-corrected chi connectivity index (χ0v) is 13.2. The summed E-state index contributed by atoms with van der Waals surface area (Å²) in [5, 5.41) is 0.485. The number of halogens is 2. The predicted molar refractivity (Wildman–Crippen MR) is 78.1 cm³/mol. The van der Waals surface area contributed by atoms with Crippen LogP contribution in [0.1, 0.15) is 30.6 Å². The topological polar surface area (TPSA) is 37.4 Å². The molecule has 0 aliphatic carbocycles. The van der Waals surface area contributed by atoms with Crippen molar-refractivity contribution in [1.29, 1.82) is 0 Å². The second kappa shape index (κ2) is 5.63. The molecule has 1 aromatic rings. The lowest BCUT2D eigenvalue weighted by Crippen LogP contribution is -2.33. The molecule has 1 aliphatic heterocycles. The number of benzene rings is 1. The van der Waals surface area contributed by atoms with Gasteiger partial charge in [-0.15, -0.1) is 0 Å². The van der Waals surface area contributed by atoms with Crippen LogP contribution in [0, 0.1) is 11.8 Å². The van der Waals surface area contributed by atoms with Crippen LogP contribution in [0.25, 0.3) is 0 Å². The van der Waals surface area contributed by atoms with Crippen LogP contribution < -0.4 is 0 Å². The molecule has 102 valence electrons. The molecule has 1 aromatic carbocycles. The first kappa shape index (κ1) is 14.5. The average molecular weight is 345 g/mol. The molecular formula is C14H15BrClNO2. The maximum Gasteiger partial charge on any atom is 0.261 e. The average Bonchev–Trinajstić information content (AvgIpc) is 2.74. The number of carbonyl (C=O) groups excluding carboxylic acids is 2. The lowest BCUT2D eigenvalue weighted by Gasteiger charge is -2.17. The van der Waals surface area contributed by atoms with E-state index in [1.54, 1.807) is 18.2 Å². The number of carbonyl (C=O) groups is 2. The predicted octanol–water partition coefficient (Wildman–Crippen LogP) is 3.75. The summed E-state index contributed by atoms with van der Waals surface area (Å²) in [6.45, 7) is 4.64. The number of hydrogen-bond acceptors (Lipinski definition) is 2. The maximum atomic E-state index is 12.4. The molecule has 19 heavy (non-hydrogen) atoms. The third-order valence-electron chi connectivity index (χ3n) is 3.50. The van der Waals surface area contributed by atoms with Gasteiger partial charge in [0.05, 0.1) is 5.56 Å². The van der Waals surface area contributed by atoms with Crippen molar-refractivity contribution in [2.24, 2.45) is 11.8 Å². The van der Waals surface area contributed by atoms with Gasteiger partial charge in [-0.1, -0.05) is 25.4 Å². The molecule has 0 spiro atoms. The highest BCUT2D eigenvalue weighted by Crippen LogP contribution is 2.28. The van der Waals surface area contributed by atoms with Crippen LogP contribution >= 0.6 is 27.5 Å². The van der Waals surface area contributed by atoms with Crippen LogP contribution in [-0.2, 0) is 4.79 Å². The zero-order valence-electron chi connectivity index (χ0n) is 10.8. The molecular weight excluding hydrogens is 330 g/mol. The molecule has 1 unspecified atom stereocenters. The van der Waals surface area contributed by atoms with Crippen molar-refractivity contribution < 1.29 is 9.59 Å². The first-order valence-electron chi connectivity index (χ1n) is 6.20. The molecule has 5 heteroatoms. The SMILES string of the molecule is CC(C)C1CC(=O)N(C(=O)c2cc(Cl)ccc2Br)C1. The molecule has 1 heterocycles. The fourth-order valence-corrected chi connectivity index (χ4v) is 2.77. The first-order chi connectivity index (χ1) is 8.90. The van der Waals surface area contributed by atoms with Crippen molar-refractivity contribution >= 4 is 39.3 Å². The van der Waals surface area contributed by atoms with E-state index < -0.39 is 0 Å². The van der Waals surface area contributed by atoms with Crippen molar-refractivity contribution in [3.8, 4) is 0 Å². The smallest absolute Gasteiger partial charge is 0.261 e. The van der Waals surface area contributed by atoms with E-state index in [0.29, 0.717) is 33.9 Å². The van der Waals surface area contributed by atoms with Gasteiger partial charge in [0.2, 0.25) is 5.91 Å². The third kappa shape index (κ3) is 3.00. The van der Waals surface area contributed by atoms with Crippen LogP contribution in [-0.4, -0.2) is 23.3 Å². The van der Waals surface area contributed by atoms with Gasteiger partial charge >= 0.3 is 0 Å². The quantitative estimate of drug-likeness (QED) is 0.766. The van der Waals surface area contributed by atoms with Crippen LogP contribution in [0.2, 0.25) is 5.02 Å². The summed E-state index contributed by atoms with van der Waals surface area (Å²) >= 11 is 9.23. The summed E-state index contributed by atoms with van der Waals surface area (Å²) in [7, 11) is 0. The molecule has 1 saturated heterocycles. The summed E-state index contributed by atoms with van der Waals surface area (Å²) in [4.78, 5) is 25.7. The Bertz CT molecular complexity index is 530. The highest BCUT2D eigenvalue weighted by molar-refractivity contribution is 9.10. The number of amides is 2. The maximum absolute atomic E-state index is 12.4. The fraction of sp³-hybridized carbons (Fsp3) is 0.429.